The van der Waals surface area contributed by atoms with Crippen molar-refractivity contribution in [1.29, 1.82) is 0 Å². The van der Waals surface area contributed by atoms with Gasteiger partial charge in [-0.15, -0.1) is 0 Å². The van der Waals surface area contributed by atoms with E-state index in [1.165, 1.54) is 11.7 Å². The SMILES string of the molecule is COCC(=O)Cn1ccn(C2CC2)c1=O. The highest BCUT2D eigenvalue weighted by molar-refractivity contribution is 5.79. The van der Waals surface area contributed by atoms with Gasteiger partial charge >= 0.3 is 5.69 Å². The van der Waals surface area contributed by atoms with Gasteiger partial charge in [0, 0.05) is 25.5 Å². The van der Waals surface area contributed by atoms with Gasteiger partial charge in [0.25, 0.3) is 0 Å². The number of rotatable bonds is 5. The average molecular weight is 210 g/mol. The summed E-state index contributed by atoms with van der Waals surface area (Å²) in [5.41, 5.74) is -0.0954. The summed E-state index contributed by atoms with van der Waals surface area (Å²) in [6.07, 6.45) is 5.54. The molecule has 1 heterocycles. The molecule has 1 aromatic rings. The number of ketones is 1. The third-order valence-corrected chi connectivity index (χ3v) is 2.47. The number of methoxy groups -OCH3 is 1. The van der Waals surface area contributed by atoms with Gasteiger partial charge in [-0.25, -0.2) is 4.79 Å². The van der Waals surface area contributed by atoms with Crippen LogP contribution in [0.25, 0.3) is 0 Å². The minimum atomic E-state index is -0.0954. The predicted molar refractivity (Wildman–Crippen MR) is 53.8 cm³/mol. The first-order valence-electron chi connectivity index (χ1n) is 5.00. The van der Waals surface area contributed by atoms with E-state index in [0.29, 0.717) is 6.04 Å². The van der Waals surface area contributed by atoms with Gasteiger partial charge in [-0.05, 0) is 12.8 Å². The summed E-state index contributed by atoms with van der Waals surface area (Å²) >= 11 is 0. The number of aromatic nitrogens is 2. The molecule has 5 heteroatoms. The highest BCUT2D eigenvalue weighted by Crippen LogP contribution is 2.33. The van der Waals surface area contributed by atoms with Crippen LogP contribution >= 0.6 is 0 Å². The fraction of sp³-hybridized carbons (Fsp3) is 0.600. The van der Waals surface area contributed by atoms with Crippen LogP contribution in [-0.2, 0) is 16.1 Å². The van der Waals surface area contributed by atoms with Gasteiger partial charge in [-0.2, -0.15) is 0 Å². The van der Waals surface area contributed by atoms with Crippen LogP contribution in [0.1, 0.15) is 18.9 Å². The Kier molecular flexibility index (Phi) is 2.73. The number of hydrogen-bond acceptors (Lipinski definition) is 3. The van der Waals surface area contributed by atoms with E-state index in [2.05, 4.69) is 0 Å². The molecule has 1 aliphatic carbocycles. The van der Waals surface area contributed by atoms with E-state index in [-0.39, 0.29) is 24.6 Å². The molecule has 5 nitrogen and oxygen atoms in total. The Labute approximate surface area is 87.3 Å². The van der Waals surface area contributed by atoms with Crippen molar-refractivity contribution in [3.63, 3.8) is 0 Å². The minimum absolute atomic E-state index is 0.0566. The molecule has 82 valence electrons. The number of nitrogens with zero attached hydrogens (tertiary/aromatic N) is 2. The first kappa shape index (κ1) is 10.2. The van der Waals surface area contributed by atoms with Crippen LogP contribution in [0, 0.1) is 0 Å². The lowest BCUT2D eigenvalue weighted by Crippen LogP contribution is -2.27. The number of ether oxygens (including phenoxy) is 1. The Balaban J connectivity index is 2.08. The molecule has 1 saturated carbocycles. The smallest absolute Gasteiger partial charge is 0.328 e. The molecular formula is C10H14N2O3. The second kappa shape index (κ2) is 4.02. The lowest BCUT2D eigenvalue weighted by molar-refractivity contribution is -0.123. The van der Waals surface area contributed by atoms with E-state index in [1.54, 1.807) is 17.0 Å². The molecule has 0 amide bonds. The maximum atomic E-state index is 11.7. The van der Waals surface area contributed by atoms with Gasteiger partial charge in [0.1, 0.15) is 6.61 Å². The van der Waals surface area contributed by atoms with E-state index in [4.69, 9.17) is 4.74 Å². The first-order chi connectivity index (χ1) is 7.22. The van der Waals surface area contributed by atoms with Crippen molar-refractivity contribution in [2.24, 2.45) is 0 Å². The zero-order valence-electron chi connectivity index (χ0n) is 8.68. The molecule has 1 aliphatic rings. The second-order valence-electron chi connectivity index (χ2n) is 3.82. The molecule has 2 rings (SSSR count). The summed E-state index contributed by atoms with van der Waals surface area (Å²) in [5.74, 6) is -0.0897. The van der Waals surface area contributed by atoms with E-state index in [1.807, 2.05) is 0 Å². The van der Waals surface area contributed by atoms with Gasteiger partial charge in [0.15, 0.2) is 5.78 Å². The second-order valence-corrected chi connectivity index (χ2v) is 3.82. The molecule has 0 atom stereocenters. The summed E-state index contributed by atoms with van der Waals surface area (Å²) in [6.45, 7) is 0.160. The maximum absolute atomic E-state index is 11.7. The first-order valence-corrected chi connectivity index (χ1v) is 5.00. The third-order valence-electron chi connectivity index (χ3n) is 2.47. The van der Waals surface area contributed by atoms with E-state index < -0.39 is 0 Å². The van der Waals surface area contributed by atoms with Gasteiger partial charge in [0.2, 0.25) is 0 Å². The maximum Gasteiger partial charge on any atom is 0.328 e. The summed E-state index contributed by atoms with van der Waals surface area (Å²) in [6, 6.07) is 0.358. The Morgan fingerprint density at radius 1 is 1.53 bits per heavy atom. The Morgan fingerprint density at radius 3 is 2.87 bits per heavy atom. The van der Waals surface area contributed by atoms with Crippen molar-refractivity contribution < 1.29 is 9.53 Å². The number of carbonyl (C=O) groups excluding carboxylic acids is 1. The molecule has 1 fully saturated rings. The molecule has 0 unspecified atom stereocenters. The quantitative estimate of drug-likeness (QED) is 0.697. The summed E-state index contributed by atoms with van der Waals surface area (Å²) in [4.78, 5) is 23.0. The molecule has 0 radical (unpaired) electrons. The lowest BCUT2D eigenvalue weighted by atomic mass is 10.4. The Morgan fingerprint density at radius 2 is 2.27 bits per heavy atom. The predicted octanol–water partition coefficient (Wildman–Crippen LogP) is 0.200. The summed E-state index contributed by atoms with van der Waals surface area (Å²) < 4.78 is 7.84. The number of carbonyl (C=O) groups is 1. The fourth-order valence-electron chi connectivity index (χ4n) is 1.58. The van der Waals surface area contributed by atoms with Crippen LogP contribution in [0.5, 0.6) is 0 Å². The summed E-state index contributed by atoms with van der Waals surface area (Å²) in [5, 5.41) is 0. The van der Waals surface area contributed by atoms with E-state index >= 15 is 0 Å². The highest BCUT2D eigenvalue weighted by Gasteiger charge is 2.25. The molecule has 0 spiro atoms. The molecule has 0 saturated heterocycles. The van der Waals surface area contributed by atoms with Crippen molar-refractivity contribution in [2.45, 2.75) is 25.4 Å². The van der Waals surface area contributed by atoms with Gasteiger partial charge in [-0.3, -0.25) is 13.9 Å². The van der Waals surface area contributed by atoms with Crippen LogP contribution in [0.3, 0.4) is 0 Å². The fourth-order valence-corrected chi connectivity index (χ4v) is 1.58. The average Bonchev–Trinajstić information content (AvgIpc) is 2.96. The zero-order valence-corrected chi connectivity index (χ0v) is 8.68. The van der Waals surface area contributed by atoms with Crippen molar-refractivity contribution in [2.75, 3.05) is 13.7 Å². The third kappa shape index (κ3) is 2.18. The summed E-state index contributed by atoms with van der Waals surface area (Å²) in [7, 11) is 1.47. The van der Waals surface area contributed by atoms with Crippen LogP contribution < -0.4 is 5.69 Å². The van der Waals surface area contributed by atoms with Crippen LogP contribution in [0.15, 0.2) is 17.2 Å². The number of imidazole rings is 1. The number of hydrogen-bond donors (Lipinski definition) is 0. The largest absolute Gasteiger partial charge is 0.377 e. The topological polar surface area (TPSA) is 53.2 Å². The molecule has 0 aromatic carbocycles. The molecule has 1 aromatic heterocycles. The number of Topliss-reactive ketones (excluding diaryl/α,β-unsaturated/α-hetero) is 1. The molecule has 0 aliphatic heterocycles. The van der Waals surface area contributed by atoms with Crippen LogP contribution in [0.2, 0.25) is 0 Å². The molecular weight excluding hydrogens is 196 g/mol. The normalized spacial score (nSPS) is 15.5. The van der Waals surface area contributed by atoms with Crippen molar-refractivity contribution in [1.82, 2.24) is 9.13 Å². The van der Waals surface area contributed by atoms with Crippen LogP contribution in [0.4, 0.5) is 0 Å². The molecule has 0 bridgehead atoms. The van der Waals surface area contributed by atoms with Crippen molar-refractivity contribution in [3.05, 3.63) is 22.9 Å². The van der Waals surface area contributed by atoms with Crippen molar-refractivity contribution >= 4 is 5.78 Å². The zero-order chi connectivity index (χ0) is 10.8. The standard InChI is InChI=1S/C10H14N2O3/c1-15-7-9(13)6-11-4-5-12(10(11)14)8-2-3-8/h4-5,8H,2-3,6-7H2,1H3. The van der Waals surface area contributed by atoms with E-state index in [9.17, 15) is 9.59 Å². The van der Waals surface area contributed by atoms with E-state index in [0.717, 1.165) is 12.8 Å². The van der Waals surface area contributed by atoms with Gasteiger partial charge in [0.05, 0.1) is 6.54 Å². The highest BCUT2D eigenvalue weighted by atomic mass is 16.5. The van der Waals surface area contributed by atoms with Crippen LogP contribution in [-0.4, -0.2) is 28.6 Å². The minimum Gasteiger partial charge on any atom is -0.377 e. The monoisotopic (exact) mass is 210 g/mol. The molecule has 15 heavy (non-hydrogen) atoms. The molecule has 0 N–H and O–H groups in total. The van der Waals surface area contributed by atoms with Gasteiger partial charge < -0.3 is 4.74 Å². The Bertz CT molecular complexity index is 415. The Hall–Kier alpha value is -1.36. The van der Waals surface area contributed by atoms with Crippen molar-refractivity contribution in [3.8, 4) is 0 Å². The lowest BCUT2D eigenvalue weighted by Gasteiger charge is -2.00. The van der Waals surface area contributed by atoms with Gasteiger partial charge in [-0.1, -0.05) is 0 Å².